The Morgan fingerprint density at radius 3 is 2.53 bits per heavy atom. The molecule has 94 valence electrons. The number of amides is 3. The number of ether oxygens (including phenoxy) is 1. The van der Waals surface area contributed by atoms with Crippen molar-refractivity contribution in [3.63, 3.8) is 0 Å². The zero-order chi connectivity index (χ0) is 13.2. The van der Waals surface area contributed by atoms with E-state index in [2.05, 4.69) is 17.2 Å². The Bertz CT molecular complexity index is 387. The highest BCUT2D eigenvalue weighted by Crippen LogP contribution is 2.17. The van der Waals surface area contributed by atoms with Crippen molar-refractivity contribution in [2.24, 2.45) is 0 Å². The highest BCUT2D eigenvalue weighted by molar-refractivity contribution is 5.94. The maximum atomic E-state index is 11.8. The molecule has 0 radical (unpaired) electrons. The highest BCUT2D eigenvalue weighted by atomic mass is 16.6. The molecule has 0 aromatic carbocycles. The summed E-state index contributed by atoms with van der Waals surface area (Å²) in [5, 5.41) is 2.63. The number of carbonyl (C=O) groups excluding carboxylic acids is 2. The Morgan fingerprint density at radius 1 is 1.47 bits per heavy atom. The number of hydrogen-bond donors (Lipinski definition) is 1. The van der Waals surface area contributed by atoms with Gasteiger partial charge in [0.05, 0.1) is 6.04 Å². The number of nitrogens with zero attached hydrogens (tertiary/aromatic N) is 1. The molecular formula is C12H18N2O3. The number of urea groups is 1. The Labute approximate surface area is 101 Å². The van der Waals surface area contributed by atoms with Gasteiger partial charge in [-0.2, -0.15) is 0 Å². The van der Waals surface area contributed by atoms with Crippen LogP contribution in [0.15, 0.2) is 0 Å². The van der Waals surface area contributed by atoms with E-state index in [4.69, 9.17) is 4.74 Å². The fourth-order valence-corrected chi connectivity index (χ4v) is 1.53. The summed E-state index contributed by atoms with van der Waals surface area (Å²) in [6, 6.07) is -1.12. The molecule has 0 bridgehead atoms. The quantitative estimate of drug-likeness (QED) is 0.654. The van der Waals surface area contributed by atoms with Gasteiger partial charge >= 0.3 is 12.1 Å². The molecule has 1 heterocycles. The third-order valence-electron chi connectivity index (χ3n) is 2.28. The molecule has 0 unspecified atom stereocenters. The lowest BCUT2D eigenvalue weighted by Gasteiger charge is -2.25. The molecule has 17 heavy (non-hydrogen) atoms. The Balaban J connectivity index is 2.80. The lowest BCUT2D eigenvalue weighted by atomic mass is 10.1. The van der Waals surface area contributed by atoms with Crippen LogP contribution in [0.3, 0.4) is 0 Å². The predicted octanol–water partition coefficient (Wildman–Crippen LogP) is 1.73. The van der Waals surface area contributed by atoms with Gasteiger partial charge in [-0.15, -0.1) is 5.92 Å². The van der Waals surface area contributed by atoms with E-state index in [0.29, 0.717) is 0 Å². The minimum absolute atomic E-state index is 0.329. The molecule has 1 aliphatic heterocycles. The SMILES string of the molecule is CC#C[C@@H]1NC(=O)N(C(=O)OC(C)(C)C)[C@H]1C. The van der Waals surface area contributed by atoms with Gasteiger partial charge in [0, 0.05) is 0 Å². The first kappa shape index (κ1) is 13.4. The third kappa shape index (κ3) is 3.13. The van der Waals surface area contributed by atoms with Crippen LogP contribution >= 0.6 is 0 Å². The molecule has 3 amide bonds. The van der Waals surface area contributed by atoms with E-state index in [1.165, 1.54) is 0 Å². The maximum absolute atomic E-state index is 11.8. The standard InChI is InChI=1S/C12H18N2O3/c1-6-7-9-8(2)14(10(15)13-9)11(16)17-12(3,4)5/h8-9H,1-5H3,(H,13,15)/t8-,9-/m0/s1. The molecule has 1 aliphatic rings. The van der Waals surface area contributed by atoms with Crippen LogP contribution in [-0.4, -0.2) is 34.7 Å². The van der Waals surface area contributed by atoms with Crippen molar-refractivity contribution in [1.29, 1.82) is 0 Å². The molecule has 2 atom stereocenters. The first-order valence-electron chi connectivity index (χ1n) is 5.51. The van der Waals surface area contributed by atoms with E-state index < -0.39 is 17.7 Å². The molecule has 1 N–H and O–H groups in total. The average Bonchev–Trinajstić information content (AvgIpc) is 2.39. The van der Waals surface area contributed by atoms with Crippen molar-refractivity contribution in [3.8, 4) is 11.8 Å². The van der Waals surface area contributed by atoms with Gasteiger partial charge in [-0.3, -0.25) is 0 Å². The van der Waals surface area contributed by atoms with E-state index >= 15 is 0 Å². The second-order valence-corrected chi connectivity index (χ2v) is 4.91. The first-order chi connectivity index (χ1) is 7.76. The Hall–Kier alpha value is -1.70. The van der Waals surface area contributed by atoms with Crippen LogP contribution in [0, 0.1) is 11.8 Å². The topological polar surface area (TPSA) is 58.6 Å². The smallest absolute Gasteiger partial charge is 0.418 e. The number of carbonyl (C=O) groups is 2. The second-order valence-electron chi connectivity index (χ2n) is 4.91. The Kier molecular flexibility index (Phi) is 3.66. The summed E-state index contributed by atoms with van der Waals surface area (Å²) in [5.41, 5.74) is -0.619. The molecule has 0 aromatic heterocycles. The monoisotopic (exact) mass is 238 g/mol. The Morgan fingerprint density at radius 2 is 2.06 bits per heavy atom. The summed E-state index contributed by atoms with van der Waals surface area (Å²) >= 11 is 0. The zero-order valence-corrected chi connectivity index (χ0v) is 10.8. The van der Waals surface area contributed by atoms with Crippen LogP contribution < -0.4 is 5.32 Å². The predicted molar refractivity (Wildman–Crippen MR) is 63.3 cm³/mol. The van der Waals surface area contributed by atoms with Crippen molar-refractivity contribution < 1.29 is 14.3 Å². The van der Waals surface area contributed by atoms with Crippen molar-refractivity contribution >= 4 is 12.1 Å². The van der Waals surface area contributed by atoms with Crippen molar-refractivity contribution in [2.45, 2.75) is 52.3 Å². The van der Waals surface area contributed by atoms with E-state index in [1.807, 2.05) is 0 Å². The molecular weight excluding hydrogens is 220 g/mol. The molecule has 1 saturated heterocycles. The van der Waals surface area contributed by atoms with Crippen molar-refractivity contribution in [2.75, 3.05) is 0 Å². The maximum Gasteiger partial charge on any atom is 0.418 e. The van der Waals surface area contributed by atoms with Crippen molar-refractivity contribution in [3.05, 3.63) is 0 Å². The summed E-state index contributed by atoms with van der Waals surface area (Å²) in [5.74, 6) is 5.57. The number of imide groups is 1. The van der Waals surface area contributed by atoms with E-state index in [9.17, 15) is 9.59 Å². The van der Waals surface area contributed by atoms with Gasteiger partial charge in [-0.25, -0.2) is 14.5 Å². The fraction of sp³-hybridized carbons (Fsp3) is 0.667. The molecule has 0 spiro atoms. The van der Waals surface area contributed by atoms with E-state index in [-0.39, 0.29) is 12.1 Å². The number of rotatable bonds is 0. The summed E-state index contributed by atoms with van der Waals surface area (Å²) in [6.45, 7) is 8.72. The van der Waals surface area contributed by atoms with Gasteiger partial charge in [0.1, 0.15) is 11.6 Å². The fourth-order valence-electron chi connectivity index (χ4n) is 1.53. The molecule has 0 aliphatic carbocycles. The second kappa shape index (κ2) is 4.66. The van der Waals surface area contributed by atoms with Gasteiger partial charge in [-0.05, 0) is 34.6 Å². The summed E-state index contributed by atoms with van der Waals surface area (Å²) in [7, 11) is 0. The van der Waals surface area contributed by atoms with Crippen LogP contribution in [-0.2, 0) is 4.74 Å². The normalized spacial score (nSPS) is 23.8. The van der Waals surface area contributed by atoms with Gasteiger partial charge < -0.3 is 10.1 Å². The van der Waals surface area contributed by atoms with Crippen LogP contribution in [0.4, 0.5) is 9.59 Å². The number of hydrogen-bond acceptors (Lipinski definition) is 3. The lowest BCUT2D eigenvalue weighted by Crippen LogP contribution is -2.42. The molecule has 1 fully saturated rings. The van der Waals surface area contributed by atoms with Crippen LogP contribution in [0.5, 0.6) is 0 Å². The summed E-state index contributed by atoms with van der Waals surface area (Å²) in [4.78, 5) is 24.5. The first-order valence-corrected chi connectivity index (χ1v) is 5.51. The van der Waals surface area contributed by atoms with E-state index in [1.54, 1.807) is 34.6 Å². The molecule has 1 rings (SSSR count). The van der Waals surface area contributed by atoms with Gasteiger partial charge in [0.15, 0.2) is 0 Å². The zero-order valence-electron chi connectivity index (χ0n) is 10.8. The largest absolute Gasteiger partial charge is 0.443 e. The lowest BCUT2D eigenvalue weighted by molar-refractivity contribution is 0.0304. The summed E-state index contributed by atoms with van der Waals surface area (Å²) in [6.07, 6.45) is -0.636. The van der Waals surface area contributed by atoms with Crippen molar-refractivity contribution in [1.82, 2.24) is 10.2 Å². The van der Waals surface area contributed by atoms with Gasteiger partial charge in [0.25, 0.3) is 0 Å². The molecule has 5 heteroatoms. The van der Waals surface area contributed by atoms with Crippen LogP contribution in [0.25, 0.3) is 0 Å². The van der Waals surface area contributed by atoms with Gasteiger partial charge in [-0.1, -0.05) is 5.92 Å². The molecule has 5 nitrogen and oxygen atoms in total. The van der Waals surface area contributed by atoms with Crippen LogP contribution in [0.1, 0.15) is 34.6 Å². The minimum Gasteiger partial charge on any atom is -0.443 e. The third-order valence-corrected chi connectivity index (χ3v) is 2.28. The highest BCUT2D eigenvalue weighted by Gasteiger charge is 2.41. The van der Waals surface area contributed by atoms with Crippen LogP contribution in [0.2, 0.25) is 0 Å². The number of nitrogens with one attached hydrogen (secondary N) is 1. The minimum atomic E-state index is -0.636. The van der Waals surface area contributed by atoms with Gasteiger partial charge in [0.2, 0.25) is 0 Å². The average molecular weight is 238 g/mol. The molecule has 0 saturated carbocycles. The summed E-state index contributed by atoms with van der Waals surface area (Å²) < 4.78 is 5.17. The molecule has 0 aromatic rings. The van der Waals surface area contributed by atoms with E-state index in [0.717, 1.165) is 4.90 Å².